The molecule has 0 fully saturated rings. The van der Waals surface area contributed by atoms with Crippen molar-refractivity contribution in [2.45, 2.75) is 32.6 Å². The summed E-state index contributed by atoms with van der Waals surface area (Å²) < 4.78 is 5.18. The van der Waals surface area contributed by atoms with Crippen LogP contribution in [0.2, 0.25) is 0 Å². The molecule has 0 spiro atoms. The van der Waals surface area contributed by atoms with E-state index in [2.05, 4.69) is 13.8 Å². The summed E-state index contributed by atoms with van der Waals surface area (Å²) in [4.78, 5) is 0. The molecule has 0 bridgehead atoms. The predicted molar refractivity (Wildman–Crippen MR) is 66.1 cm³/mol. The van der Waals surface area contributed by atoms with Crippen molar-refractivity contribution in [1.29, 1.82) is 0 Å². The quantitative estimate of drug-likeness (QED) is 0.806. The molecule has 0 aliphatic heterocycles. The van der Waals surface area contributed by atoms with Crippen LogP contribution in [0, 0.1) is 0 Å². The minimum atomic E-state index is 0.251. The van der Waals surface area contributed by atoms with Gasteiger partial charge in [0, 0.05) is 5.56 Å². The molecule has 1 aromatic rings. The van der Waals surface area contributed by atoms with Gasteiger partial charge in [-0.15, -0.1) is 0 Å². The van der Waals surface area contributed by atoms with E-state index in [9.17, 15) is 5.11 Å². The van der Waals surface area contributed by atoms with E-state index in [4.69, 9.17) is 10.5 Å². The smallest absolute Gasteiger partial charge is 0.161 e. The lowest BCUT2D eigenvalue weighted by Crippen LogP contribution is -2.05. The molecule has 0 saturated heterocycles. The predicted octanol–water partition coefficient (Wildman–Crippen LogP) is 2.42. The number of aromatic hydroxyl groups is 1. The van der Waals surface area contributed by atoms with Gasteiger partial charge in [-0.1, -0.05) is 19.9 Å². The highest BCUT2D eigenvalue weighted by Crippen LogP contribution is 2.37. The van der Waals surface area contributed by atoms with Crippen molar-refractivity contribution in [1.82, 2.24) is 0 Å². The van der Waals surface area contributed by atoms with Gasteiger partial charge in [-0.3, -0.25) is 0 Å². The minimum Gasteiger partial charge on any atom is -0.504 e. The van der Waals surface area contributed by atoms with Crippen molar-refractivity contribution in [3.05, 3.63) is 23.3 Å². The third-order valence-corrected chi connectivity index (χ3v) is 2.92. The van der Waals surface area contributed by atoms with Crippen LogP contribution in [0.5, 0.6) is 11.5 Å². The second-order valence-electron chi connectivity index (χ2n) is 4.07. The molecule has 1 unspecified atom stereocenters. The van der Waals surface area contributed by atoms with Gasteiger partial charge in [-0.05, 0) is 36.9 Å². The summed E-state index contributed by atoms with van der Waals surface area (Å²) in [5, 5.41) is 10.0. The zero-order chi connectivity index (χ0) is 12.1. The number of aryl methyl sites for hydroxylation is 1. The van der Waals surface area contributed by atoms with Crippen molar-refractivity contribution in [2.75, 3.05) is 13.7 Å². The summed E-state index contributed by atoms with van der Waals surface area (Å²) >= 11 is 0. The second kappa shape index (κ2) is 5.75. The third kappa shape index (κ3) is 2.67. The number of ether oxygens (including phenoxy) is 1. The first-order valence-corrected chi connectivity index (χ1v) is 5.73. The molecule has 1 rings (SSSR count). The molecule has 0 saturated carbocycles. The molecule has 90 valence electrons. The van der Waals surface area contributed by atoms with Gasteiger partial charge < -0.3 is 15.6 Å². The first kappa shape index (κ1) is 12.8. The fourth-order valence-corrected chi connectivity index (χ4v) is 1.83. The van der Waals surface area contributed by atoms with Gasteiger partial charge in [-0.25, -0.2) is 0 Å². The van der Waals surface area contributed by atoms with E-state index in [1.165, 1.54) is 5.56 Å². The first-order chi connectivity index (χ1) is 7.63. The van der Waals surface area contributed by atoms with Crippen LogP contribution in [0.4, 0.5) is 0 Å². The van der Waals surface area contributed by atoms with E-state index in [0.717, 1.165) is 18.4 Å². The van der Waals surface area contributed by atoms with Gasteiger partial charge in [0.2, 0.25) is 0 Å². The fraction of sp³-hybridized carbons (Fsp3) is 0.538. The Kier molecular flexibility index (Phi) is 4.62. The van der Waals surface area contributed by atoms with E-state index in [1.807, 2.05) is 12.1 Å². The molecule has 0 aromatic heterocycles. The Hall–Kier alpha value is -1.22. The first-order valence-electron chi connectivity index (χ1n) is 5.73. The zero-order valence-electron chi connectivity index (χ0n) is 10.3. The van der Waals surface area contributed by atoms with Gasteiger partial charge in [0.15, 0.2) is 11.5 Å². The summed E-state index contributed by atoms with van der Waals surface area (Å²) in [6, 6.07) is 3.92. The Balaban J connectivity index is 3.15. The summed E-state index contributed by atoms with van der Waals surface area (Å²) in [7, 11) is 1.58. The average molecular weight is 223 g/mol. The lowest BCUT2D eigenvalue weighted by molar-refractivity contribution is 0.368. The number of benzene rings is 1. The van der Waals surface area contributed by atoms with Gasteiger partial charge in [0.1, 0.15) is 0 Å². The topological polar surface area (TPSA) is 55.5 Å². The molecule has 0 radical (unpaired) electrons. The van der Waals surface area contributed by atoms with Gasteiger partial charge in [-0.2, -0.15) is 0 Å². The Morgan fingerprint density at radius 2 is 2.12 bits per heavy atom. The molecule has 1 aromatic carbocycles. The molecule has 3 heteroatoms. The maximum atomic E-state index is 10.0. The van der Waals surface area contributed by atoms with Crippen molar-refractivity contribution in [3.63, 3.8) is 0 Å². The maximum Gasteiger partial charge on any atom is 0.161 e. The van der Waals surface area contributed by atoms with Crippen LogP contribution < -0.4 is 10.5 Å². The molecule has 16 heavy (non-hydrogen) atoms. The number of methoxy groups -OCH3 is 1. The van der Waals surface area contributed by atoms with E-state index in [-0.39, 0.29) is 11.7 Å². The molecule has 0 aliphatic rings. The lowest BCUT2D eigenvalue weighted by Gasteiger charge is -2.16. The molecule has 3 nitrogen and oxygen atoms in total. The van der Waals surface area contributed by atoms with Gasteiger partial charge in [0.25, 0.3) is 0 Å². The van der Waals surface area contributed by atoms with Crippen LogP contribution in [-0.2, 0) is 6.42 Å². The third-order valence-electron chi connectivity index (χ3n) is 2.92. The number of hydrogen-bond donors (Lipinski definition) is 2. The Labute approximate surface area is 97.2 Å². The van der Waals surface area contributed by atoms with E-state index >= 15 is 0 Å². The lowest BCUT2D eigenvalue weighted by atomic mass is 9.94. The van der Waals surface area contributed by atoms with Crippen molar-refractivity contribution in [2.24, 2.45) is 5.73 Å². The van der Waals surface area contributed by atoms with Crippen LogP contribution in [0.3, 0.4) is 0 Å². The SMILES string of the molecule is CCc1cc(OC)c(O)c(C(C)CCN)c1. The largest absolute Gasteiger partial charge is 0.504 e. The molecular weight excluding hydrogens is 202 g/mol. The number of hydrogen-bond acceptors (Lipinski definition) is 3. The Morgan fingerprint density at radius 3 is 2.62 bits per heavy atom. The standard InChI is InChI=1S/C13H21NO2/c1-4-10-7-11(9(2)5-6-14)13(15)12(8-10)16-3/h7-9,15H,4-6,14H2,1-3H3. The molecule has 3 N–H and O–H groups in total. The molecular formula is C13H21NO2. The van der Waals surface area contributed by atoms with Crippen LogP contribution in [-0.4, -0.2) is 18.8 Å². The van der Waals surface area contributed by atoms with Crippen LogP contribution in [0.15, 0.2) is 12.1 Å². The Bertz CT molecular complexity index is 350. The highest BCUT2D eigenvalue weighted by molar-refractivity contribution is 5.49. The monoisotopic (exact) mass is 223 g/mol. The maximum absolute atomic E-state index is 10.0. The summed E-state index contributed by atoms with van der Waals surface area (Å²) in [6.07, 6.45) is 1.79. The molecule has 0 heterocycles. The summed E-state index contributed by atoms with van der Waals surface area (Å²) in [6.45, 7) is 4.78. The van der Waals surface area contributed by atoms with Crippen molar-refractivity contribution < 1.29 is 9.84 Å². The van der Waals surface area contributed by atoms with Crippen LogP contribution >= 0.6 is 0 Å². The van der Waals surface area contributed by atoms with Gasteiger partial charge >= 0.3 is 0 Å². The number of phenols is 1. The zero-order valence-corrected chi connectivity index (χ0v) is 10.3. The minimum absolute atomic E-state index is 0.251. The van der Waals surface area contributed by atoms with Crippen molar-refractivity contribution in [3.8, 4) is 11.5 Å². The average Bonchev–Trinajstić information content (AvgIpc) is 2.29. The molecule has 0 amide bonds. The molecule has 1 atom stereocenters. The van der Waals surface area contributed by atoms with E-state index < -0.39 is 0 Å². The normalized spacial score (nSPS) is 12.5. The van der Waals surface area contributed by atoms with E-state index in [1.54, 1.807) is 7.11 Å². The highest BCUT2D eigenvalue weighted by atomic mass is 16.5. The van der Waals surface area contributed by atoms with Crippen LogP contribution in [0.25, 0.3) is 0 Å². The second-order valence-corrected chi connectivity index (χ2v) is 4.07. The highest BCUT2D eigenvalue weighted by Gasteiger charge is 2.15. The molecule has 0 aliphatic carbocycles. The number of nitrogens with two attached hydrogens (primary N) is 1. The van der Waals surface area contributed by atoms with Gasteiger partial charge in [0.05, 0.1) is 7.11 Å². The Morgan fingerprint density at radius 1 is 1.44 bits per heavy atom. The number of rotatable bonds is 5. The number of phenolic OH excluding ortho intramolecular Hbond substituents is 1. The fourth-order valence-electron chi connectivity index (χ4n) is 1.83. The summed E-state index contributed by atoms with van der Waals surface area (Å²) in [5.74, 6) is 1.06. The van der Waals surface area contributed by atoms with Crippen LogP contribution in [0.1, 0.15) is 37.3 Å². The summed E-state index contributed by atoms with van der Waals surface area (Å²) in [5.41, 5.74) is 7.65. The van der Waals surface area contributed by atoms with E-state index in [0.29, 0.717) is 12.3 Å². The van der Waals surface area contributed by atoms with Crippen molar-refractivity contribution >= 4 is 0 Å².